The highest BCUT2D eigenvalue weighted by molar-refractivity contribution is 7.13. The zero-order valence-corrected chi connectivity index (χ0v) is 12.1. The Morgan fingerprint density at radius 2 is 2.26 bits per heavy atom. The Hall–Kier alpha value is -1.50. The van der Waals surface area contributed by atoms with E-state index in [4.69, 9.17) is 0 Å². The third-order valence-electron chi connectivity index (χ3n) is 2.93. The van der Waals surface area contributed by atoms with E-state index < -0.39 is 0 Å². The van der Waals surface area contributed by atoms with Crippen LogP contribution in [-0.2, 0) is 13.1 Å². The van der Waals surface area contributed by atoms with Gasteiger partial charge in [-0.05, 0) is 18.4 Å². The molecule has 19 heavy (non-hydrogen) atoms. The molecule has 98 valence electrons. The molecule has 3 aromatic heterocycles. The van der Waals surface area contributed by atoms with Crippen LogP contribution >= 0.6 is 22.7 Å². The Morgan fingerprint density at radius 3 is 3.00 bits per heavy atom. The molecule has 0 radical (unpaired) electrons. The molecule has 0 aliphatic carbocycles. The summed E-state index contributed by atoms with van der Waals surface area (Å²) in [6.07, 6.45) is 1.89. The van der Waals surface area contributed by atoms with Gasteiger partial charge in [0, 0.05) is 23.5 Å². The molecule has 0 spiro atoms. The fourth-order valence-corrected chi connectivity index (χ4v) is 3.39. The Bertz CT molecular complexity index is 639. The second-order valence-electron chi connectivity index (χ2n) is 4.21. The molecule has 0 aromatic carbocycles. The lowest BCUT2D eigenvalue weighted by atomic mass is 10.2. The number of thiophene rings is 1. The van der Waals surface area contributed by atoms with Gasteiger partial charge in [0.25, 0.3) is 0 Å². The molecule has 3 rings (SSSR count). The number of rotatable bonds is 5. The van der Waals surface area contributed by atoms with Crippen molar-refractivity contribution >= 4 is 22.7 Å². The topological polar surface area (TPSA) is 53.6 Å². The van der Waals surface area contributed by atoms with Gasteiger partial charge in [0.2, 0.25) is 0 Å². The number of aryl methyl sites for hydroxylation is 1. The molecule has 0 atom stereocenters. The van der Waals surface area contributed by atoms with Crippen LogP contribution in [0.4, 0.5) is 0 Å². The number of hydrogen-bond acceptors (Lipinski definition) is 5. The monoisotopic (exact) mass is 290 g/mol. The molecular weight excluding hydrogens is 276 g/mol. The van der Waals surface area contributed by atoms with Gasteiger partial charge in [-0.15, -0.1) is 22.7 Å². The number of nitrogens with zero attached hydrogens (tertiary/aromatic N) is 2. The van der Waals surface area contributed by atoms with Crippen LogP contribution in [-0.4, -0.2) is 15.2 Å². The number of nitrogens with one attached hydrogen (secondary N) is 2. The van der Waals surface area contributed by atoms with Crippen molar-refractivity contribution in [2.45, 2.75) is 20.0 Å². The largest absolute Gasteiger partial charge is 0.308 e. The minimum atomic E-state index is 0.807. The van der Waals surface area contributed by atoms with Gasteiger partial charge in [-0.1, -0.05) is 6.07 Å². The van der Waals surface area contributed by atoms with E-state index >= 15 is 0 Å². The fourth-order valence-electron chi connectivity index (χ4n) is 1.89. The highest BCUT2D eigenvalue weighted by Crippen LogP contribution is 2.25. The average Bonchev–Trinajstić information content (AvgIpc) is 3.11. The summed E-state index contributed by atoms with van der Waals surface area (Å²) >= 11 is 3.42. The molecule has 4 nitrogen and oxygen atoms in total. The van der Waals surface area contributed by atoms with Crippen molar-refractivity contribution in [2.24, 2.45) is 0 Å². The maximum absolute atomic E-state index is 4.25. The molecule has 2 N–H and O–H groups in total. The summed E-state index contributed by atoms with van der Waals surface area (Å²) in [7, 11) is 0. The molecule has 0 aliphatic rings. The van der Waals surface area contributed by atoms with E-state index in [9.17, 15) is 0 Å². The summed E-state index contributed by atoms with van der Waals surface area (Å²) in [6.45, 7) is 3.70. The van der Waals surface area contributed by atoms with Crippen LogP contribution in [0.2, 0.25) is 0 Å². The SMILES string of the molecule is Cc1ncsc1CNCc1cn[nH]c1-c1cccs1. The van der Waals surface area contributed by atoms with Crippen LogP contribution in [0.25, 0.3) is 10.6 Å². The molecule has 0 saturated heterocycles. The van der Waals surface area contributed by atoms with Gasteiger partial charge < -0.3 is 5.32 Å². The fraction of sp³-hybridized carbons (Fsp3) is 0.231. The first kappa shape index (κ1) is 12.5. The van der Waals surface area contributed by atoms with Crippen molar-refractivity contribution in [1.82, 2.24) is 20.5 Å². The highest BCUT2D eigenvalue weighted by Gasteiger charge is 2.08. The van der Waals surface area contributed by atoms with E-state index in [1.165, 1.54) is 15.3 Å². The summed E-state index contributed by atoms with van der Waals surface area (Å²) in [4.78, 5) is 6.77. The molecule has 0 amide bonds. The summed E-state index contributed by atoms with van der Waals surface area (Å²) in [6, 6.07) is 4.16. The number of aromatic nitrogens is 3. The Kier molecular flexibility index (Phi) is 3.72. The molecule has 0 fully saturated rings. The second kappa shape index (κ2) is 5.64. The first-order valence-electron chi connectivity index (χ1n) is 6.00. The van der Waals surface area contributed by atoms with Gasteiger partial charge in [0.1, 0.15) is 0 Å². The standard InChI is InChI=1S/C13H14N4S2/c1-9-12(19-8-15-9)7-14-5-10-6-16-17-13(10)11-3-2-4-18-11/h2-4,6,8,14H,5,7H2,1H3,(H,16,17). The van der Waals surface area contributed by atoms with Gasteiger partial charge in [0.15, 0.2) is 0 Å². The molecule has 3 aromatic rings. The normalized spacial score (nSPS) is 11.0. The predicted octanol–water partition coefficient (Wildman–Crippen LogP) is 3.19. The Morgan fingerprint density at radius 1 is 1.32 bits per heavy atom. The van der Waals surface area contributed by atoms with Crippen LogP contribution in [0, 0.1) is 6.92 Å². The van der Waals surface area contributed by atoms with Crippen LogP contribution in [0.5, 0.6) is 0 Å². The van der Waals surface area contributed by atoms with E-state index in [1.807, 2.05) is 18.6 Å². The molecular formula is C13H14N4S2. The van der Waals surface area contributed by atoms with Gasteiger partial charge in [-0.2, -0.15) is 5.10 Å². The summed E-state index contributed by atoms with van der Waals surface area (Å²) < 4.78 is 0. The summed E-state index contributed by atoms with van der Waals surface area (Å²) in [5.74, 6) is 0. The van der Waals surface area contributed by atoms with E-state index in [1.54, 1.807) is 22.7 Å². The minimum Gasteiger partial charge on any atom is -0.308 e. The lowest BCUT2D eigenvalue weighted by Crippen LogP contribution is -2.12. The van der Waals surface area contributed by atoms with E-state index in [0.717, 1.165) is 24.5 Å². The van der Waals surface area contributed by atoms with Crippen LogP contribution in [0.15, 0.2) is 29.2 Å². The van der Waals surface area contributed by atoms with Gasteiger partial charge >= 0.3 is 0 Å². The molecule has 0 saturated carbocycles. The first-order chi connectivity index (χ1) is 9.34. The third-order valence-corrected chi connectivity index (χ3v) is 4.75. The average molecular weight is 290 g/mol. The molecule has 6 heteroatoms. The van der Waals surface area contributed by atoms with Gasteiger partial charge in [-0.3, -0.25) is 5.10 Å². The van der Waals surface area contributed by atoms with Crippen LogP contribution < -0.4 is 5.32 Å². The number of H-pyrrole nitrogens is 1. The van der Waals surface area contributed by atoms with Gasteiger partial charge in [-0.25, -0.2) is 4.98 Å². The Balaban J connectivity index is 1.65. The first-order valence-corrected chi connectivity index (χ1v) is 7.76. The minimum absolute atomic E-state index is 0.807. The summed E-state index contributed by atoms with van der Waals surface area (Å²) in [5.41, 5.74) is 5.32. The number of aromatic amines is 1. The zero-order chi connectivity index (χ0) is 13.1. The zero-order valence-electron chi connectivity index (χ0n) is 10.5. The van der Waals surface area contributed by atoms with E-state index in [2.05, 4.69) is 38.0 Å². The molecule has 0 bridgehead atoms. The van der Waals surface area contributed by atoms with Crippen molar-refractivity contribution in [3.8, 4) is 10.6 Å². The second-order valence-corrected chi connectivity index (χ2v) is 6.10. The quantitative estimate of drug-likeness (QED) is 0.758. The van der Waals surface area contributed by atoms with Crippen molar-refractivity contribution in [3.63, 3.8) is 0 Å². The van der Waals surface area contributed by atoms with Crippen molar-refractivity contribution < 1.29 is 0 Å². The van der Waals surface area contributed by atoms with Crippen LogP contribution in [0.1, 0.15) is 16.1 Å². The third kappa shape index (κ3) is 2.75. The lowest BCUT2D eigenvalue weighted by Gasteiger charge is -2.04. The Labute approximate surface area is 119 Å². The maximum atomic E-state index is 4.25. The number of thiazole rings is 1. The smallest absolute Gasteiger partial charge is 0.0798 e. The molecule has 0 unspecified atom stereocenters. The lowest BCUT2D eigenvalue weighted by molar-refractivity contribution is 0.698. The van der Waals surface area contributed by atoms with Crippen LogP contribution in [0.3, 0.4) is 0 Å². The van der Waals surface area contributed by atoms with E-state index in [-0.39, 0.29) is 0 Å². The highest BCUT2D eigenvalue weighted by atomic mass is 32.1. The number of hydrogen-bond donors (Lipinski definition) is 2. The van der Waals surface area contributed by atoms with Crippen molar-refractivity contribution in [2.75, 3.05) is 0 Å². The molecule has 3 heterocycles. The van der Waals surface area contributed by atoms with E-state index in [0.29, 0.717) is 0 Å². The van der Waals surface area contributed by atoms with Gasteiger partial charge in [0.05, 0.1) is 28.0 Å². The summed E-state index contributed by atoms with van der Waals surface area (Å²) in [5, 5.41) is 12.7. The van der Waals surface area contributed by atoms with Crippen molar-refractivity contribution in [1.29, 1.82) is 0 Å². The van der Waals surface area contributed by atoms with Crippen molar-refractivity contribution in [3.05, 3.63) is 45.4 Å². The predicted molar refractivity (Wildman–Crippen MR) is 79.3 cm³/mol. The maximum Gasteiger partial charge on any atom is 0.0798 e. The molecule has 0 aliphatic heterocycles.